The van der Waals surface area contributed by atoms with Crippen LogP contribution in [-0.4, -0.2) is 5.91 Å². The van der Waals surface area contributed by atoms with Crippen LogP contribution in [0.2, 0.25) is 0 Å². The van der Waals surface area contributed by atoms with Crippen LogP contribution in [0.3, 0.4) is 0 Å². The Morgan fingerprint density at radius 2 is 1.69 bits per heavy atom. The summed E-state index contributed by atoms with van der Waals surface area (Å²) in [5.41, 5.74) is 7.78. The molecule has 0 aliphatic heterocycles. The summed E-state index contributed by atoms with van der Waals surface area (Å²) < 4.78 is 0. The molecule has 0 spiro atoms. The van der Waals surface area contributed by atoms with Gasteiger partial charge in [0, 0.05) is 4.90 Å². The van der Waals surface area contributed by atoms with Gasteiger partial charge in [-0.05, 0) is 23.3 Å². The highest BCUT2D eigenvalue weighted by molar-refractivity contribution is 7.80. The summed E-state index contributed by atoms with van der Waals surface area (Å²) in [6.45, 7) is 0. The van der Waals surface area contributed by atoms with Crippen molar-refractivity contribution in [2.24, 2.45) is 5.73 Å². The molecule has 0 aliphatic carbocycles. The van der Waals surface area contributed by atoms with Crippen LogP contribution in [-0.2, 0) is 0 Å². The number of primary amides is 1. The van der Waals surface area contributed by atoms with E-state index in [0.29, 0.717) is 10.5 Å². The molecule has 0 heterocycles. The Labute approximate surface area is 99.5 Å². The number of rotatable bonds is 2. The molecule has 80 valence electrons. The Hall–Kier alpha value is -1.74. The Balaban J connectivity index is 2.46. The number of benzene rings is 2. The van der Waals surface area contributed by atoms with E-state index in [-0.39, 0.29) is 0 Å². The van der Waals surface area contributed by atoms with Gasteiger partial charge in [0.15, 0.2) is 0 Å². The smallest absolute Gasteiger partial charge is 0.249 e. The second kappa shape index (κ2) is 4.41. The predicted molar refractivity (Wildman–Crippen MR) is 67.6 cm³/mol. The standard InChI is InChI=1S/C13H11NOS/c14-13(15)11-7-6-10(8-12(11)16)9-4-2-1-3-5-9/h1-8,16H,(H2,14,15). The maximum absolute atomic E-state index is 11.0. The molecule has 2 N–H and O–H groups in total. The number of hydrogen-bond acceptors (Lipinski definition) is 2. The molecule has 3 heteroatoms. The maximum Gasteiger partial charge on any atom is 0.249 e. The molecule has 2 aromatic carbocycles. The Bertz CT molecular complexity index is 523. The number of amides is 1. The van der Waals surface area contributed by atoms with E-state index in [2.05, 4.69) is 12.6 Å². The van der Waals surface area contributed by atoms with E-state index in [1.165, 1.54) is 0 Å². The van der Waals surface area contributed by atoms with Crippen molar-refractivity contribution in [3.63, 3.8) is 0 Å². The maximum atomic E-state index is 11.0. The molecule has 0 saturated heterocycles. The highest BCUT2D eigenvalue weighted by Crippen LogP contribution is 2.24. The molecule has 0 aromatic heterocycles. The lowest BCUT2D eigenvalue weighted by molar-refractivity contribution is 0.0997. The third-order valence-corrected chi connectivity index (χ3v) is 2.74. The number of carbonyl (C=O) groups excluding carboxylic acids is 1. The minimum Gasteiger partial charge on any atom is -0.366 e. The zero-order chi connectivity index (χ0) is 11.5. The van der Waals surface area contributed by atoms with Gasteiger partial charge in [0.2, 0.25) is 5.91 Å². The van der Waals surface area contributed by atoms with E-state index >= 15 is 0 Å². The molecule has 0 fully saturated rings. The van der Waals surface area contributed by atoms with Crippen LogP contribution in [0.1, 0.15) is 10.4 Å². The number of thiol groups is 1. The Morgan fingerprint density at radius 1 is 1.00 bits per heavy atom. The second-order valence-electron chi connectivity index (χ2n) is 3.46. The molecule has 0 atom stereocenters. The van der Waals surface area contributed by atoms with E-state index in [4.69, 9.17) is 5.73 Å². The highest BCUT2D eigenvalue weighted by Gasteiger charge is 2.06. The van der Waals surface area contributed by atoms with Crippen LogP contribution in [0.15, 0.2) is 53.4 Å². The topological polar surface area (TPSA) is 43.1 Å². The Morgan fingerprint density at radius 3 is 2.25 bits per heavy atom. The summed E-state index contributed by atoms with van der Waals surface area (Å²) in [6.07, 6.45) is 0. The molecule has 1 amide bonds. The van der Waals surface area contributed by atoms with Crippen LogP contribution < -0.4 is 5.73 Å². The van der Waals surface area contributed by atoms with Gasteiger partial charge in [0.1, 0.15) is 0 Å². The predicted octanol–water partition coefficient (Wildman–Crippen LogP) is 2.74. The van der Waals surface area contributed by atoms with Crippen LogP contribution in [0.25, 0.3) is 11.1 Å². The quantitative estimate of drug-likeness (QED) is 0.764. The SMILES string of the molecule is NC(=O)c1ccc(-c2ccccc2)cc1S. The first-order valence-electron chi connectivity index (χ1n) is 4.87. The summed E-state index contributed by atoms with van der Waals surface area (Å²) in [7, 11) is 0. The van der Waals surface area contributed by atoms with Crippen LogP contribution in [0.5, 0.6) is 0 Å². The van der Waals surface area contributed by atoms with Crippen LogP contribution >= 0.6 is 12.6 Å². The third-order valence-electron chi connectivity index (χ3n) is 2.37. The first-order chi connectivity index (χ1) is 7.68. The van der Waals surface area contributed by atoms with Crippen molar-refractivity contribution in [1.29, 1.82) is 0 Å². The molecule has 2 aromatic rings. The van der Waals surface area contributed by atoms with Gasteiger partial charge in [-0.1, -0.05) is 36.4 Å². The van der Waals surface area contributed by atoms with E-state index in [1.54, 1.807) is 6.07 Å². The van der Waals surface area contributed by atoms with E-state index in [0.717, 1.165) is 11.1 Å². The van der Waals surface area contributed by atoms with E-state index < -0.39 is 5.91 Å². The fourth-order valence-electron chi connectivity index (χ4n) is 1.55. The molecule has 0 unspecified atom stereocenters. The van der Waals surface area contributed by atoms with Crippen molar-refractivity contribution in [2.45, 2.75) is 4.90 Å². The molecular formula is C13H11NOS. The largest absolute Gasteiger partial charge is 0.366 e. The number of hydrogen-bond donors (Lipinski definition) is 2. The van der Waals surface area contributed by atoms with Crippen molar-refractivity contribution in [1.82, 2.24) is 0 Å². The minimum absolute atomic E-state index is 0.447. The van der Waals surface area contributed by atoms with Crippen molar-refractivity contribution in [3.05, 3.63) is 54.1 Å². The van der Waals surface area contributed by atoms with Gasteiger partial charge in [-0.2, -0.15) is 0 Å². The fraction of sp³-hybridized carbons (Fsp3) is 0. The van der Waals surface area contributed by atoms with Crippen LogP contribution in [0, 0.1) is 0 Å². The average Bonchev–Trinajstić information content (AvgIpc) is 2.29. The molecule has 2 nitrogen and oxygen atoms in total. The van der Waals surface area contributed by atoms with E-state index in [9.17, 15) is 4.79 Å². The molecule has 0 aliphatic rings. The molecule has 16 heavy (non-hydrogen) atoms. The van der Waals surface area contributed by atoms with Gasteiger partial charge < -0.3 is 5.73 Å². The molecule has 2 rings (SSSR count). The van der Waals surface area contributed by atoms with Gasteiger partial charge in [0.25, 0.3) is 0 Å². The monoisotopic (exact) mass is 229 g/mol. The lowest BCUT2D eigenvalue weighted by atomic mass is 10.0. The first kappa shape index (κ1) is 10.8. The number of nitrogens with two attached hydrogens (primary N) is 1. The molecule has 0 saturated carbocycles. The minimum atomic E-state index is -0.454. The number of carbonyl (C=O) groups is 1. The van der Waals surface area contributed by atoms with Crippen LogP contribution in [0.4, 0.5) is 0 Å². The first-order valence-corrected chi connectivity index (χ1v) is 5.31. The second-order valence-corrected chi connectivity index (χ2v) is 3.94. The summed E-state index contributed by atoms with van der Waals surface area (Å²) >= 11 is 4.26. The Kier molecular flexibility index (Phi) is 2.97. The van der Waals surface area contributed by atoms with Crippen molar-refractivity contribution in [2.75, 3.05) is 0 Å². The van der Waals surface area contributed by atoms with Crippen molar-refractivity contribution in [3.8, 4) is 11.1 Å². The van der Waals surface area contributed by atoms with Gasteiger partial charge >= 0.3 is 0 Å². The lowest BCUT2D eigenvalue weighted by Gasteiger charge is -2.05. The van der Waals surface area contributed by atoms with Crippen molar-refractivity contribution < 1.29 is 4.79 Å². The van der Waals surface area contributed by atoms with Gasteiger partial charge in [-0.15, -0.1) is 12.6 Å². The fourth-order valence-corrected chi connectivity index (χ4v) is 1.87. The lowest BCUT2D eigenvalue weighted by Crippen LogP contribution is -2.11. The zero-order valence-corrected chi connectivity index (χ0v) is 9.45. The summed E-state index contributed by atoms with van der Waals surface area (Å²) in [5, 5.41) is 0. The van der Waals surface area contributed by atoms with Gasteiger partial charge in [0.05, 0.1) is 5.56 Å². The summed E-state index contributed by atoms with van der Waals surface area (Å²) in [6, 6.07) is 15.3. The van der Waals surface area contributed by atoms with Gasteiger partial charge in [-0.3, -0.25) is 4.79 Å². The summed E-state index contributed by atoms with van der Waals surface area (Å²) in [5.74, 6) is -0.454. The normalized spacial score (nSPS) is 10.1. The zero-order valence-electron chi connectivity index (χ0n) is 8.55. The molecule has 0 bridgehead atoms. The average molecular weight is 229 g/mol. The third kappa shape index (κ3) is 2.09. The van der Waals surface area contributed by atoms with E-state index in [1.807, 2.05) is 42.5 Å². The highest BCUT2D eigenvalue weighted by atomic mass is 32.1. The van der Waals surface area contributed by atoms with Gasteiger partial charge in [-0.25, -0.2) is 0 Å². The molecular weight excluding hydrogens is 218 g/mol. The van der Waals surface area contributed by atoms with Crippen molar-refractivity contribution >= 4 is 18.5 Å². The summed E-state index contributed by atoms with van der Waals surface area (Å²) in [4.78, 5) is 11.6. The molecule has 0 radical (unpaired) electrons.